The van der Waals surface area contributed by atoms with Crippen molar-refractivity contribution in [2.75, 3.05) is 11.4 Å². The van der Waals surface area contributed by atoms with Crippen molar-refractivity contribution in [2.45, 2.75) is 13.5 Å². The molecule has 29 heavy (non-hydrogen) atoms. The van der Waals surface area contributed by atoms with Gasteiger partial charge in [-0.25, -0.2) is 9.69 Å². The van der Waals surface area contributed by atoms with Gasteiger partial charge >= 0.3 is 6.03 Å². The first kappa shape index (κ1) is 18.7. The Balaban J connectivity index is 1.74. The fourth-order valence-electron chi connectivity index (χ4n) is 3.49. The molecule has 1 saturated heterocycles. The smallest absolute Gasteiger partial charge is 0.315 e. The van der Waals surface area contributed by atoms with Gasteiger partial charge in [0.05, 0.1) is 12.2 Å². The van der Waals surface area contributed by atoms with E-state index in [1.54, 1.807) is 17.0 Å². The van der Waals surface area contributed by atoms with Crippen LogP contribution in [0.4, 0.5) is 10.5 Å². The quantitative estimate of drug-likeness (QED) is 0.593. The van der Waals surface area contributed by atoms with Crippen LogP contribution in [0.3, 0.4) is 0 Å². The van der Waals surface area contributed by atoms with Gasteiger partial charge in [-0.2, -0.15) is 0 Å². The molecule has 0 aromatic heterocycles. The Labute approximate surface area is 170 Å². The number of hydrogen-bond donors (Lipinski definition) is 0. The van der Waals surface area contributed by atoms with Gasteiger partial charge in [0.25, 0.3) is 5.91 Å². The van der Waals surface area contributed by atoms with E-state index in [0.717, 1.165) is 16.7 Å². The molecule has 4 nitrogen and oxygen atoms in total. The number of aryl methyl sites for hydroxylation is 1. The van der Waals surface area contributed by atoms with E-state index in [2.05, 4.69) is 0 Å². The highest BCUT2D eigenvalue weighted by atomic mass is 16.2. The second-order valence-electron chi connectivity index (χ2n) is 7.13. The fraction of sp³-hybridized carbons (Fsp3) is 0.120. The summed E-state index contributed by atoms with van der Waals surface area (Å²) in [6, 6.07) is 26.6. The number of hydrogen-bond acceptors (Lipinski definition) is 2. The average molecular weight is 382 g/mol. The summed E-state index contributed by atoms with van der Waals surface area (Å²) < 4.78 is 0. The predicted octanol–water partition coefficient (Wildman–Crippen LogP) is 5.05. The molecule has 1 heterocycles. The van der Waals surface area contributed by atoms with Crippen molar-refractivity contribution in [3.05, 3.63) is 107 Å². The molecule has 0 saturated carbocycles. The Morgan fingerprint density at radius 3 is 2.14 bits per heavy atom. The van der Waals surface area contributed by atoms with Crippen LogP contribution in [0.5, 0.6) is 0 Å². The van der Waals surface area contributed by atoms with Gasteiger partial charge < -0.3 is 4.90 Å². The van der Waals surface area contributed by atoms with Crippen LogP contribution in [0.25, 0.3) is 6.08 Å². The van der Waals surface area contributed by atoms with Gasteiger partial charge in [0.1, 0.15) is 0 Å². The third-order valence-corrected chi connectivity index (χ3v) is 5.05. The van der Waals surface area contributed by atoms with Crippen molar-refractivity contribution in [2.24, 2.45) is 0 Å². The number of nitrogens with zero attached hydrogens (tertiary/aromatic N) is 2. The summed E-state index contributed by atoms with van der Waals surface area (Å²) in [4.78, 5) is 29.5. The largest absolute Gasteiger partial charge is 0.332 e. The highest BCUT2D eigenvalue weighted by Crippen LogP contribution is 2.26. The highest BCUT2D eigenvalue weighted by molar-refractivity contribution is 6.24. The second kappa shape index (κ2) is 8.15. The minimum absolute atomic E-state index is 0.270. The Bertz CT molecular complexity index is 1060. The van der Waals surface area contributed by atoms with E-state index in [1.807, 2.05) is 85.8 Å². The minimum Gasteiger partial charge on any atom is -0.315 e. The first-order valence-corrected chi connectivity index (χ1v) is 9.62. The standard InChI is InChI=1S/C25H22N2O2/c1-19-10-8-9-13-21(19)16-22-18-26(17-20-11-4-2-5-12-20)25(29)27(24(22)28)23-14-6-3-7-15-23/h2-16H,17-18H2,1H3/b22-16+. The van der Waals surface area contributed by atoms with Gasteiger partial charge in [-0.15, -0.1) is 0 Å². The molecule has 3 aromatic rings. The van der Waals surface area contributed by atoms with Crippen LogP contribution >= 0.6 is 0 Å². The van der Waals surface area contributed by atoms with Crippen LogP contribution in [0.1, 0.15) is 16.7 Å². The lowest BCUT2D eigenvalue weighted by atomic mass is 10.0. The third-order valence-electron chi connectivity index (χ3n) is 5.05. The topological polar surface area (TPSA) is 40.6 Å². The Hall–Kier alpha value is -3.66. The Morgan fingerprint density at radius 1 is 0.828 bits per heavy atom. The van der Waals surface area contributed by atoms with Crippen LogP contribution in [0.2, 0.25) is 0 Å². The van der Waals surface area contributed by atoms with Crippen molar-refractivity contribution in [1.29, 1.82) is 0 Å². The van der Waals surface area contributed by atoms with E-state index in [9.17, 15) is 9.59 Å². The maximum atomic E-state index is 13.3. The Kier molecular flexibility index (Phi) is 5.25. The predicted molar refractivity (Wildman–Crippen MR) is 115 cm³/mol. The lowest BCUT2D eigenvalue weighted by Crippen LogP contribution is -2.53. The monoisotopic (exact) mass is 382 g/mol. The zero-order valence-corrected chi connectivity index (χ0v) is 16.3. The van der Waals surface area contributed by atoms with Crippen LogP contribution in [-0.4, -0.2) is 23.4 Å². The molecule has 0 radical (unpaired) electrons. The zero-order valence-electron chi connectivity index (χ0n) is 16.3. The molecule has 0 N–H and O–H groups in total. The molecule has 3 amide bonds. The van der Waals surface area contributed by atoms with Crippen LogP contribution < -0.4 is 4.90 Å². The number of benzene rings is 3. The van der Waals surface area contributed by atoms with E-state index >= 15 is 0 Å². The van der Waals surface area contributed by atoms with Crippen molar-refractivity contribution >= 4 is 23.7 Å². The van der Waals surface area contributed by atoms with Gasteiger partial charge in [0.15, 0.2) is 0 Å². The third kappa shape index (κ3) is 3.97. The number of carbonyl (C=O) groups is 2. The van der Waals surface area contributed by atoms with Crippen molar-refractivity contribution in [1.82, 2.24) is 4.90 Å². The molecule has 0 atom stereocenters. The molecule has 1 aliphatic heterocycles. The highest BCUT2D eigenvalue weighted by Gasteiger charge is 2.36. The van der Waals surface area contributed by atoms with E-state index in [0.29, 0.717) is 17.8 Å². The summed E-state index contributed by atoms with van der Waals surface area (Å²) in [7, 11) is 0. The first-order chi connectivity index (χ1) is 14.1. The SMILES string of the molecule is Cc1ccccc1/C=C1\CN(Cc2ccccc2)C(=O)N(c2ccccc2)C1=O. The number of urea groups is 1. The average Bonchev–Trinajstić information content (AvgIpc) is 2.75. The molecule has 0 spiro atoms. The molecule has 1 fully saturated rings. The van der Waals surface area contributed by atoms with Gasteiger partial charge in [0, 0.05) is 12.1 Å². The number of para-hydroxylation sites is 1. The van der Waals surface area contributed by atoms with E-state index in [1.165, 1.54) is 4.90 Å². The maximum absolute atomic E-state index is 13.3. The lowest BCUT2D eigenvalue weighted by molar-refractivity contribution is -0.115. The molecule has 1 aliphatic rings. The molecular weight excluding hydrogens is 360 g/mol. The minimum atomic E-state index is -0.299. The molecule has 3 aromatic carbocycles. The summed E-state index contributed by atoms with van der Waals surface area (Å²) in [6.45, 7) is 2.74. The number of rotatable bonds is 4. The molecule has 0 aliphatic carbocycles. The summed E-state index contributed by atoms with van der Waals surface area (Å²) in [5.41, 5.74) is 4.27. The normalized spacial score (nSPS) is 15.8. The zero-order chi connectivity index (χ0) is 20.2. The van der Waals surface area contributed by atoms with Gasteiger partial charge in [-0.05, 0) is 41.8 Å². The number of amides is 3. The molecule has 4 rings (SSSR count). The lowest BCUT2D eigenvalue weighted by Gasteiger charge is -2.35. The summed E-state index contributed by atoms with van der Waals surface area (Å²) in [5.74, 6) is -0.270. The summed E-state index contributed by atoms with van der Waals surface area (Å²) in [6.07, 6.45) is 1.90. The van der Waals surface area contributed by atoms with E-state index in [-0.39, 0.29) is 18.5 Å². The van der Waals surface area contributed by atoms with Crippen LogP contribution in [0.15, 0.2) is 90.5 Å². The van der Waals surface area contributed by atoms with E-state index < -0.39 is 0 Å². The first-order valence-electron chi connectivity index (χ1n) is 9.62. The summed E-state index contributed by atoms with van der Waals surface area (Å²) in [5, 5.41) is 0. The molecule has 4 heteroatoms. The molecular formula is C25H22N2O2. The number of anilines is 1. The maximum Gasteiger partial charge on any atom is 0.332 e. The van der Waals surface area contributed by atoms with Crippen molar-refractivity contribution in [3.63, 3.8) is 0 Å². The molecule has 0 unspecified atom stereocenters. The van der Waals surface area contributed by atoms with Gasteiger partial charge in [0.2, 0.25) is 0 Å². The Morgan fingerprint density at radius 2 is 1.45 bits per heavy atom. The van der Waals surface area contributed by atoms with Crippen molar-refractivity contribution in [3.8, 4) is 0 Å². The van der Waals surface area contributed by atoms with E-state index in [4.69, 9.17) is 0 Å². The van der Waals surface area contributed by atoms with Gasteiger partial charge in [-0.3, -0.25) is 4.79 Å². The van der Waals surface area contributed by atoms with Gasteiger partial charge in [-0.1, -0.05) is 72.8 Å². The summed E-state index contributed by atoms with van der Waals surface area (Å²) >= 11 is 0. The fourth-order valence-corrected chi connectivity index (χ4v) is 3.49. The van der Waals surface area contributed by atoms with Crippen molar-refractivity contribution < 1.29 is 9.59 Å². The van der Waals surface area contributed by atoms with Crippen LogP contribution in [0, 0.1) is 6.92 Å². The number of carbonyl (C=O) groups excluding carboxylic acids is 2. The van der Waals surface area contributed by atoms with Crippen LogP contribution in [-0.2, 0) is 11.3 Å². The molecule has 0 bridgehead atoms. The second-order valence-corrected chi connectivity index (χ2v) is 7.13. The number of imide groups is 1. The molecule has 144 valence electrons.